The molecule has 0 bridgehead atoms. The van der Waals surface area contributed by atoms with E-state index in [0.717, 1.165) is 5.56 Å². The molecule has 1 aromatic carbocycles. The molecular weight excluding hydrogens is 380 g/mol. The molecule has 0 aliphatic carbocycles. The lowest BCUT2D eigenvalue weighted by Gasteiger charge is -2.00. The first kappa shape index (κ1) is 17.0. The first-order valence-corrected chi connectivity index (χ1v) is 7.80. The molecular formula is C15H13BrN4O2S. The maximum Gasteiger partial charge on any atom is 0.251 e. The zero-order valence-corrected chi connectivity index (χ0v) is 14.3. The molecule has 6 nitrogen and oxygen atoms in total. The number of hydrogen-bond donors (Lipinski definition) is 3. The Morgan fingerprint density at radius 2 is 2.04 bits per heavy atom. The van der Waals surface area contributed by atoms with Crippen LogP contribution in [0.1, 0.15) is 11.3 Å². The van der Waals surface area contributed by atoms with Crippen molar-refractivity contribution in [3.8, 4) is 0 Å². The van der Waals surface area contributed by atoms with Gasteiger partial charge in [-0.3, -0.25) is 14.6 Å². The first-order valence-electron chi connectivity index (χ1n) is 6.59. The summed E-state index contributed by atoms with van der Waals surface area (Å²) in [7, 11) is 0. The van der Waals surface area contributed by atoms with Crippen molar-refractivity contribution in [1.29, 1.82) is 0 Å². The second-order valence-corrected chi connectivity index (χ2v) is 5.85. The van der Waals surface area contributed by atoms with Crippen molar-refractivity contribution < 1.29 is 4.79 Å². The molecule has 0 saturated carbocycles. The molecule has 0 aliphatic heterocycles. The Bertz CT molecular complexity index is 827. The van der Waals surface area contributed by atoms with E-state index in [1.54, 1.807) is 0 Å². The molecule has 0 fully saturated rings. The van der Waals surface area contributed by atoms with Crippen LogP contribution in [0.3, 0.4) is 0 Å². The normalized spacial score (nSPS) is 11.6. The van der Waals surface area contributed by atoms with Crippen LogP contribution in [-0.4, -0.2) is 22.1 Å². The summed E-state index contributed by atoms with van der Waals surface area (Å²) in [6, 6.07) is 11.0. The molecule has 1 amide bonds. The zero-order valence-electron chi connectivity index (χ0n) is 11.9. The van der Waals surface area contributed by atoms with Gasteiger partial charge in [0, 0.05) is 16.2 Å². The van der Waals surface area contributed by atoms with Crippen molar-refractivity contribution in [2.24, 2.45) is 5.10 Å². The molecule has 0 aliphatic rings. The maximum absolute atomic E-state index is 11.7. The van der Waals surface area contributed by atoms with Gasteiger partial charge in [-0.05, 0) is 39.8 Å². The van der Waals surface area contributed by atoms with E-state index in [1.165, 1.54) is 12.3 Å². The van der Waals surface area contributed by atoms with Gasteiger partial charge < -0.3 is 4.98 Å². The maximum atomic E-state index is 11.7. The van der Waals surface area contributed by atoms with E-state index in [1.807, 2.05) is 36.4 Å². The molecule has 3 N–H and O–H groups in total. The van der Waals surface area contributed by atoms with Gasteiger partial charge in [-0.2, -0.15) is 5.10 Å². The highest BCUT2D eigenvalue weighted by Gasteiger charge is 2.03. The fraction of sp³-hybridized carbons (Fsp3) is 0.0667. The minimum atomic E-state index is -0.363. The van der Waals surface area contributed by atoms with Gasteiger partial charge in [0.1, 0.15) is 0 Å². The summed E-state index contributed by atoms with van der Waals surface area (Å²) in [5.74, 6) is -0.363. The number of hydrazone groups is 1. The van der Waals surface area contributed by atoms with Gasteiger partial charge in [0.25, 0.3) is 5.56 Å². The molecule has 1 aromatic heterocycles. The average Bonchev–Trinajstić information content (AvgIpc) is 2.47. The lowest BCUT2D eigenvalue weighted by Crippen LogP contribution is -2.21. The minimum Gasteiger partial charge on any atom is -0.335 e. The molecule has 0 unspecified atom stereocenters. The predicted molar refractivity (Wildman–Crippen MR) is 95.9 cm³/mol. The standard InChI is InChI=1S/C15H13BrN4O2S/c16-11(6-10-4-2-1-3-5-10)9-17-20-14(22)8-12-7-13(21)19-15(23)18-12/h1-7,9H,8H2,(H,20,22)(H2,18,19,21,23)/b11-6-,17-9-. The van der Waals surface area contributed by atoms with E-state index in [2.05, 4.69) is 36.4 Å². The zero-order chi connectivity index (χ0) is 16.7. The Balaban J connectivity index is 1.92. The molecule has 2 rings (SSSR count). The van der Waals surface area contributed by atoms with E-state index in [4.69, 9.17) is 12.2 Å². The van der Waals surface area contributed by atoms with E-state index in [9.17, 15) is 9.59 Å². The van der Waals surface area contributed by atoms with Gasteiger partial charge in [0.05, 0.1) is 12.6 Å². The predicted octanol–water partition coefficient (Wildman–Crippen LogP) is 2.51. The topological polar surface area (TPSA) is 90.1 Å². The molecule has 23 heavy (non-hydrogen) atoms. The third-order valence-corrected chi connectivity index (χ3v) is 3.29. The number of rotatable bonds is 5. The summed E-state index contributed by atoms with van der Waals surface area (Å²) in [6.07, 6.45) is 3.32. The SMILES string of the molecule is O=C(Cc1cc(=O)[nH]c(=S)[nH]1)N/N=C\C(Br)=C\c1ccccc1. The summed E-state index contributed by atoms with van der Waals surface area (Å²) < 4.78 is 0.886. The van der Waals surface area contributed by atoms with Crippen LogP contribution < -0.4 is 11.0 Å². The lowest BCUT2D eigenvalue weighted by molar-refractivity contribution is -0.120. The molecule has 0 radical (unpaired) electrons. The molecule has 0 saturated heterocycles. The van der Waals surface area contributed by atoms with Crippen LogP contribution >= 0.6 is 28.1 Å². The van der Waals surface area contributed by atoms with Crippen LogP contribution in [0.4, 0.5) is 0 Å². The third-order valence-electron chi connectivity index (χ3n) is 2.65. The first-order chi connectivity index (χ1) is 11.0. The molecule has 0 spiro atoms. The van der Waals surface area contributed by atoms with E-state index >= 15 is 0 Å². The summed E-state index contributed by atoms with van der Waals surface area (Å²) >= 11 is 8.18. The van der Waals surface area contributed by atoms with Crippen molar-refractivity contribution in [3.05, 3.63) is 67.3 Å². The highest BCUT2D eigenvalue weighted by Crippen LogP contribution is 2.09. The number of H-pyrrole nitrogens is 2. The van der Waals surface area contributed by atoms with Gasteiger partial charge in [-0.25, -0.2) is 5.43 Å². The number of hydrogen-bond acceptors (Lipinski definition) is 4. The number of halogens is 1. The van der Waals surface area contributed by atoms with Crippen LogP contribution in [0.2, 0.25) is 0 Å². The molecule has 1 heterocycles. The fourth-order valence-corrected chi connectivity index (χ4v) is 2.34. The van der Waals surface area contributed by atoms with E-state index in [-0.39, 0.29) is 22.7 Å². The third kappa shape index (κ3) is 6.13. The molecule has 2 aromatic rings. The van der Waals surface area contributed by atoms with Crippen molar-refractivity contribution in [2.75, 3.05) is 0 Å². The number of amides is 1. The Morgan fingerprint density at radius 1 is 1.30 bits per heavy atom. The number of nitrogens with one attached hydrogen (secondary N) is 3. The van der Waals surface area contributed by atoms with Crippen molar-refractivity contribution >= 4 is 46.3 Å². The summed E-state index contributed by atoms with van der Waals surface area (Å²) in [5.41, 5.74) is 3.46. The average molecular weight is 393 g/mol. The second kappa shape index (κ2) is 8.35. The Kier molecular flexibility index (Phi) is 6.19. The van der Waals surface area contributed by atoms with E-state index < -0.39 is 0 Å². The number of benzene rings is 1. The summed E-state index contributed by atoms with van der Waals surface area (Å²) in [6.45, 7) is 0. The largest absolute Gasteiger partial charge is 0.335 e. The fourth-order valence-electron chi connectivity index (χ4n) is 1.74. The molecule has 0 atom stereocenters. The van der Waals surface area contributed by atoms with Crippen molar-refractivity contribution in [2.45, 2.75) is 6.42 Å². The monoisotopic (exact) mass is 392 g/mol. The molecule has 118 valence electrons. The number of allylic oxidation sites excluding steroid dienone is 1. The summed E-state index contributed by atoms with van der Waals surface area (Å²) in [5, 5.41) is 3.84. The van der Waals surface area contributed by atoms with Gasteiger partial charge in [0.2, 0.25) is 5.91 Å². The highest BCUT2D eigenvalue weighted by atomic mass is 79.9. The second-order valence-electron chi connectivity index (χ2n) is 4.52. The number of aromatic nitrogens is 2. The Hall–Kier alpha value is -2.32. The number of carbonyl (C=O) groups is 1. The number of carbonyl (C=O) groups excluding carboxylic acids is 1. The smallest absolute Gasteiger partial charge is 0.251 e. The van der Waals surface area contributed by atoms with Gasteiger partial charge in [-0.1, -0.05) is 30.3 Å². The van der Waals surface area contributed by atoms with Crippen LogP contribution in [-0.2, 0) is 11.2 Å². The highest BCUT2D eigenvalue weighted by molar-refractivity contribution is 9.12. The van der Waals surface area contributed by atoms with Crippen LogP contribution in [0.25, 0.3) is 6.08 Å². The van der Waals surface area contributed by atoms with Crippen molar-refractivity contribution in [3.63, 3.8) is 0 Å². The Labute approximate surface area is 145 Å². The Morgan fingerprint density at radius 3 is 2.74 bits per heavy atom. The van der Waals surface area contributed by atoms with Gasteiger partial charge >= 0.3 is 0 Å². The quantitative estimate of drug-likeness (QED) is 0.414. The summed E-state index contributed by atoms with van der Waals surface area (Å²) in [4.78, 5) is 28.1. The lowest BCUT2D eigenvalue weighted by atomic mass is 10.2. The van der Waals surface area contributed by atoms with Gasteiger partial charge in [0.15, 0.2) is 4.77 Å². The van der Waals surface area contributed by atoms with Crippen LogP contribution in [0, 0.1) is 4.77 Å². The van der Waals surface area contributed by atoms with Crippen LogP contribution in [0.5, 0.6) is 0 Å². The van der Waals surface area contributed by atoms with Crippen molar-refractivity contribution in [1.82, 2.24) is 15.4 Å². The van der Waals surface area contributed by atoms with Gasteiger partial charge in [-0.15, -0.1) is 0 Å². The van der Waals surface area contributed by atoms with Crippen LogP contribution in [0.15, 0.2) is 50.8 Å². The minimum absolute atomic E-state index is 0.0229. The van der Waals surface area contributed by atoms with E-state index in [0.29, 0.717) is 10.2 Å². The number of nitrogens with zero attached hydrogens (tertiary/aromatic N) is 1. The number of aromatic amines is 2. The molecule has 8 heteroatoms.